The van der Waals surface area contributed by atoms with Gasteiger partial charge in [-0.1, -0.05) is 13.3 Å². The molecule has 1 fully saturated rings. The van der Waals surface area contributed by atoms with Crippen LogP contribution in [0.4, 0.5) is 0 Å². The Morgan fingerprint density at radius 3 is 2.62 bits per heavy atom. The van der Waals surface area contributed by atoms with Crippen molar-refractivity contribution in [2.24, 2.45) is 5.92 Å². The van der Waals surface area contributed by atoms with Crippen LogP contribution in [0.1, 0.15) is 39.0 Å². The first-order valence-electron chi connectivity index (χ1n) is 7.18. The second-order valence-corrected chi connectivity index (χ2v) is 7.60. The number of aliphatic carboxylic acids is 1. The highest BCUT2D eigenvalue weighted by molar-refractivity contribution is 7.88. The Balaban J connectivity index is 2.51. The van der Waals surface area contributed by atoms with E-state index in [4.69, 9.17) is 5.11 Å². The zero-order valence-corrected chi connectivity index (χ0v) is 13.4. The summed E-state index contributed by atoms with van der Waals surface area (Å²) in [6.45, 7) is 2.60. The lowest BCUT2D eigenvalue weighted by molar-refractivity contribution is -0.137. The van der Waals surface area contributed by atoms with Crippen LogP contribution in [0.3, 0.4) is 0 Å². The minimum Gasteiger partial charge on any atom is -0.481 e. The molecule has 0 aliphatic carbocycles. The third kappa shape index (κ3) is 6.01. The van der Waals surface area contributed by atoms with E-state index in [1.807, 2.05) is 6.92 Å². The average molecular weight is 320 g/mol. The zero-order valence-electron chi connectivity index (χ0n) is 12.5. The molecule has 2 unspecified atom stereocenters. The normalized spacial score (nSPS) is 21.7. The average Bonchev–Trinajstić information content (AvgIpc) is 2.41. The topological polar surface area (TPSA) is 104 Å². The number of nitrogens with one attached hydrogen (secondary N) is 1. The number of hydrogen-bond donors (Lipinski definition) is 2. The Morgan fingerprint density at radius 1 is 1.38 bits per heavy atom. The molecule has 1 aliphatic heterocycles. The fourth-order valence-corrected chi connectivity index (χ4v) is 3.55. The summed E-state index contributed by atoms with van der Waals surface area (Å²) in [5.74, 6) is -1.11. The number of nitrogens with zero attached hydrogens (tertiary/aromatic N) is 1. The van der Waals surface area contributed by atoms with Gasteiger partial charge in [-0.25, -0.2) is 8.42 Å². The minimum atomic E-state index is -3.39. The highest BCUT2D eigenvalue weighted by atomic mass is 32.2. The Kier molecular flexibility index (Phi) is 6.60. The maximum Gasteiger partial charge on any atom is 0.303 e. The van der Waals surface area contributed by atoms with Crippen molar-refractivity contribution in [2.75, 3.05) is 19.3 Å². The molecule has 2 N–H and O–H groups in total. The summed E-state index contributed by atoms with van der Waals surface area (Å²) < 4.78 is 24.7. The van der Waals surface area contributed by atoms with Gasteiger partial charge >= 0.3 is 5.97 Å². The molecule has 1 rings (SSSR count). The van der Waals surface area contributed by atoms with Gasteiger partial charge in [0.15, 0.2) is 0 Å². The fourth-order valence-electron chi connectivity index (χ4n) is 2.43. The van der Waals surface area contributed by atoms with Crippen LogP contribution in [0.25, 0.3) is 0 Å². The molecule has 1 heterocycles. The number of carboxylic acid groups (broad SMARTS) is 1. The first-order valence-corrected chi connectivity index (χ1v) is 9.03. The highest BCUT2D eigenvalue weighted by Crippen LogP contribution is 2.20. The minimum absolute atomic E-state index is 0.0420. The molecule has 21 heavy (non-hydrogen) atoms. The lowest BCUT2D eigenvalue weighted by Gasteiger charge is -2.32. The predicted octanol–water partition coefficient (Wildman–Crippen LogP) is 0.418. The monoisotopic (exact) mass is 320 g/mol. The van der Waals surface area contributed by atoms with Gasteiger partial charge < -0.3 is 10.4 Å². The molecule has 1 amide bonds. The molecule has 0 saturated carbocycles. The van der Waals surface area contributed by atoms with Crippen molar-refractivity contribution in [3.05, 3.63) is 0 Å². The molecule has 2 atom stereocenters. The van der Waals surface area contributed by atoms with Crippen molar-refractivity contribution in [2.45, 2.75) is 45.1 Å². The third-order valence-corrected chi connectivity index (χ3v) is 4.95. The zero-order chi connectivity index (χ0) is 16.0. The summed E-state index contributed by atoms with van der Waals surface area (Å²) in [6, 6.07) is -0.638. The lowest BCUT2D eigenvalue weighted by atomic mass is 10.0. The van der Waals surface area contributed by atoms with E-state index in [0.29, 0.717) is 25.9 Å². The molecule has 0 aromatic heterocycles. The standard InChI is InChI=1S/C13H24N2O5S/c1-10(6-7-12(16)17)9-14-13(18)11-5-3-4-8-15(11)21(2,19)20/h10-11H,3-9H2,1-2H3,(H,14,18)(H,16,17). The Labute approximate surface area is 125 Å². The van der Waals surface area contributed by atoms with E-state index in [1.165, 1.54) is 4.31 Å². The number of sulfonamides is 1. The number of hydrogen-bond acceptors (Lipinski definition) is 4. The van der Waals surface area contributed by atoms with Crippen LogP contribution in [-0.4, -0.2) is 55.1 Å². The largest absolute Gasteiger partial charge is 0.481 e. The maximum absolute atomic E-state index is 12.2. The second-order valence-electron chi connectivity index (χ2n) is 5.67. The van der Waals surface area contributed by atoms with Gasteiger partial charge in [0.1, 0.15) is 6.04 Å². The van der Waals surface area contributed by atoms with E-state index in [1.54, 1.807) is 0 Å². The number of piperidine rings is 1. The van der Waals surface area contributed by atoms with Crippen molar-refractivity contribution >= 4 is 21.9 Å². The molecule has 1 aliphatic rings. The molecule has 0 bridgehead atoms. The van der Waals surface area contributed by atoms with Crippen LogP contribution in [0.2, 0.25) is 0 Å². The molecular weight excluding hydrogens is 296 g/mol. The quantitative estimate of drug-likeness (QED) is 0.707. The highest BCUT2D eigenvalue weighted by Gasteiger charge is 2.34. The van der Waals surface area contributed by atoms with E-state index in [9.17, 15) is 18.0 Å². The van der Waals surface area contributed by atoms with E-state index in [-0.39, 0.29) is 18.2 Å². The smallest absolute Gasteiger partial charge is 0.303 e. The van der Waals surface area contributed by atoms with Crippen LogP contribution in [0.5, 0.6) is 0 Å². The Hall–Kier alpha value is -1.15. The Bertz CT molecular complexity index is 477. The summed E-state index contributed by atoms with van der Waals surface area (Å²) in [5, 5.41) is 11.3. The van der Waals surface area contributed by atoms with Gasteiger partial charge in [0, 0.05) is 19.5 Å². The molecule has 0 radical (unpaired) electrons. The van der Waals surface area contributed by atoms with Gasteiger partial charge in [-0.3, -0.25) is 9.59 Å². The fraction of sp³-hybridized carbons (Fsp3) is 0.846. The van der Waals surface area contributed by atoms with Crippen LogP contribution < -0.4 is 5.32 Å². The number of amides is 1. The first-order chi connectivity index (χ1) is 9.71. The van der Waals surface area contributed by atoms with Gasteiger partial charge in [0.05, 0.1) is 6.26 Å². The number of rotatable bonds is 7. The predicted molar refractivity (Wildman–Crippen MR) is 78.2 cm³/mol. The van der Waals surface area contributed by atoms with Crippen molar-refractivity contribution in [3.63, 3.8) is 0 Å². The molecule has 1 saturated heterocycles. The maximum atomic E-state index is 12.2. The van der Waals surface area contributed by atoms with Crippen molar-refractivity contribution in [1.29, 1.82) is 0 Å². The molecule has 7 nitrogen and oxygen atoms in total. The van der Waals surface area contributed by atoms with Gasteiger partial charge in [0.2, 0.25) is 15.9 Å². The van der Waals surface area contributed by atoms with E-state index >= 15 is 0 Å². The van der Waals surface area contributed by atoms with Crippen molar-refractivity contribution < 1.29 is 23.1 Å². The van der Waals surface area contributed by atoms with Gasteiger partial charge in [-0.05, 0) is 25.2 Å². The van der Waals surface area contributed by atoms with E-state index in [0.717, 1.165) is 19.1 Å². The third-order valence-electron chi connectivity index (χ3n) is 3.66. The summed E-state index contributed by atoms with van der Waals surface area (Å²) in [7, 11) is -3.39. The number of carbonyl (C=O) groups is 2. The molecule has 0 aromatic rings. The van der Waals surface area contributed by atoms with E-state index in [2.05, 4.69) is 5.32 Å². The first kappa shape index (κ1) is 17.9. The summed E-state index contributed by atoms with van der Waals surface area (Å²) in [5.41, 5.74) is 0. The molecule has 8 heteroatoms. The Morgan fingerprint density at radius 2 is 2.05 bits per heavy atom. The van der Waals surface area contributed by atoms with Gasteiger partial charge in [-0.2, -0.15) is 4.31 Å². The van der Waals surface area contributed by atoms with Crippen LogP contribution in [-0.2, 0) is 19.6 Å². The molecule has 122 valence electrons. The number of carboxylic acids is 1. The van der Waals surface area contributed by atoms with Crippen LogP contribution >= 0.6 is 0 Å². The van der Waals surface area contributed by atoms with Gasteiger partial charge in [-0.15, -0.1) is 0 Å². The van der Waals surface area contributed by atoms with E-state index < -0.39 is 22.0 Å². The van der Waals surface area contributed by atoms with Crippen LogP contribution in [0, 0.1) is 5.92 Å². The molecular formula is C13H24N2O5S. The SMILES string of the molecule is CC(CCC(=O)O)CNC(=O)C1CCCCN1S(C)(=O)=O. The molecule has 0 spiro atoms. The summed E-state index contributed by atoms with van der Waals surface area (Å²) in [4.78, 5) is 22.6. The number of carbonyl (C=O) groups excluding carboxylic acids is 1. The van der Waals surface area contributed by atoms with Crippen molar-refractivity contribution in [3.8, 4) is 0 Å². The second kappa shape index (κ2) is 7.74. The summed E-state index contributed by atoms with van der Waals surface area (Å²) in [6.07, 6.45) is 3.80. The molecule has 0 aromatic carbocycles. The van der Waals surface area contributed by atoms with Crippen molar-refractivity contribution in [1.82, 2.24) is 9.62 Å². The van der Waals surface area contributed by atoms with Crippen LogP contribution in [0.15, 0.2) is 0 Å². The summed E-state index contributed by atoms with van der Waals surface area (Å²) >= 11 is 0. The van der Waals surface area contributed by atoms with Gasteiger partial charge in [0.25, 0.3) is 0 Å². The lowest BCUT2D eigenvalue weighted by Crippen LogP contribution is -2.52.